The number of hydrogen-bond acceptors (Lipinski definition) is 1. The summed E-state index contributed by atoms with van der Waals surface area (Å²) in [5, 5.41) is 0. The van der Waals surface area contributed by atoms with Crippen molar-refractivity contribution in [3.63, 3.8) is 0 Å². The minimum absolute atomic E-state index is 0.428. The molecule has 1 aliphatic rings. The number of rotatable bonds is 7. The van der Waals surface area contributed by atoms with Gasteiger partial charge < -0.3 is 4.90 Å². The summed E-state index contributed by atoms with van der Waals surface area (Å²) in [4.78, 5) is 2.40. The summed E-state index contributed by atoms with van der Waals surface area (Å²) < 4.78 is 0. The van der Waals surface area contributed by atoms with Gasteiger partial charge in [-0.25, -0.2) is 0 Å². The van der Waals surface area contributed by atoms with Crippen LogP contribution in [0.5, 0.6) is 0 Å². The predicted molar refractivity (Wildman–Crippen MR) is 209 cm³/mol. The summed E-state index contributed by atoms with van der Waals surface area (Å²) in [6.45, 7) is 0. The Bertz CT molecular complexity index is 2360. The van der Waals surface area contributed by atoms with Gasteiger partial charge in [-0.05, 0) is 92.0 Å². The summed E-state index contributed by atoms with van der Waals surface area (Å²) in [6, 6.07) is 77.1. The highest BCUT2D eigenvalue weighted by Crippen LogP contribution is 2.57. The molecule has 1 heteroatoms. The van der Waals surface area contributed by atoms with Crippen LogP contribution in [0, 0.1) is 0 Å². The lowest BCUT2D eigenvalue weighted by Crippen LogP contribution is -2.28. The highest BCUT2D eigenvalue weighted by Gasteiger charge is 2.46. The van der Waals surface area contributed by atoms with Gasteiger partial charge in [-0.15, -0.1) is 0 Å². The van der Waals surface area contributed by atoms with Crippen molar-refractivity contribution in [2.24, 2.45) is 0 Å². The molecule has 1 nitrogen and oxygen atoms in total. The molecular formula is C49H35N. The Kier molecular flexibility index (Phi) is 7.44. The van der Waals surface area contributed by atoms with Crippen molar-refractivity contribution >= 4 is 17.1 Å². The van der Waals surface area contributed by atoms with Crippen molar-refractivity contribution in [3.8, 4) is 33.4 Å². The molecule has 0 saturated carbocycles. The monoisotopic (exact) mass is 637 g/mol. The molecule has 0 spiro atoms. The largest absolute Gasteiger partial charge is 0.310 e. The van der Waals surface area contributed by atoms with Gasteiger partial charge >= 0.3 is 0 Å². The molecule has 50 heavy (non-hydrogen) atoms. The molecule has 0 radical (unpaired) electrons. The Hall–Kier alpha value is -6.44. The van der Waals surface area contributed by atoms with Crippen LogP contribution in [0.25, 0.3) is 33.4 Å². The van der Waals surface area contributed by atoms with Crippen molar-refractivity contribution in [3.05, 3.63) is 235 Å². The second-order valence-corrected chi connectivity index (χ2v) is 12.9. The summed E-state index contributed by atoms with van der Waals surface area (Å²) in [7, 11) is 0. The molecule has 1 aliphatic carbocycles. The molecule has 236 valence electrons. The van der Waals surface area contributed by atoms with Crippen LogP contribution >= 0.6 is 0 Å². The molecule has 0 aliphatic heterocycles. The third-order valence-electron chi connectivity index (χ3n) is 10.1. The molecule has 0 heterocycles. The van der Waals surface area contributed by atoms with Crippen molar-refractivity contribution in [2.45, 2.75) is 5.41 Å². The van der Waals surface area contributed by atoms with Crippen LogP contribution in [0.3, 0.4) is 0 Å². The average molecular weight is 638 g/mol. The van der Waals surface area contributed by atoms with Gasteiger partial charge in [0.15, 0.2) is 0 Å². The van der Waals surface area contributed by atoms with E-state index in [1.54, 1.807) is 0 Å². The first-order valence-electron chi connectivity index (χ1n) is 17.3. The highest BCUT2D eigenvalue weighted by molar-refractivity contribution is 5.90. The summed E-state index contributed by atoms with van der Waals surface area (Å²) in [5.41, 5.74) is 15.4. The molecule has 0 saturated heterocycles. The van der Waals surface area contributed by atoms with E-state index in [-0.39, 0.29) is 0 Å². The van der Waals surface area contributed by atoms with E-state index in [1.807, 2.05) is 0 Å². The second kappa shape index (κ2) is 12.5. The Labute approximate surface area is 294 Å². The zero-order valence-electron chi connectivity index (χ0n) is 27.7. The smallest absolute Gasteiger partial charge is 0.0713 e. The Morgan fingerprint density at radius 3 is 1.38 bits per heavy atom. The van der Waals surface area contributed by atoms with Crippen LogP contribution in [0.4, 0.5) is 17.1 Å². The van der Waals surface area contributed by atoms with Crippen molar-refractivity contribution in [2.75, 3.05) is 4.90 Å². The van der Waals surface area contributed by atoms with Crippen LogP contribution in [0.15, 0.2) is 212 Å². The molecule has 0 unspecified atom stereocenters. The van der Waals surface area contributed by atoms with Gasteiger partial charge in [0, 0.05) is 17.1 Å². The third kappa shape index (κ3) is 4.95. The average Bonchev–Trinajstić information content (AvgIpc) is 3.50. The van der Waals surface area contributed by atoms with Crippen molar-refractivity contribution < 1.29 is 0 Å². The van der Waals surface area contributed by atoms with E-state index < -0.39 is 5.41 Å². The fourth-order valence-electron chi connectivity index (χ4n) is 7.91. The van der Waals surface area contributed by atoms with Crippen LogP contribution in [0.2, 0.25) is 0 Å². The van der Waals surface area contributed by atoms with Crippen LogP contribution in [0.1, 0.15) is 22.3 Å². The number of benzene rings is 8. The van der Waals surface area contributed by atoms with Crippen molar-refractivity contribution in [1.29, 1.82) is 0 Å². The van der Waals surface area contributed by atoms with Gasteiger partial charge in [-0.2, -0.15) is 0 Å². The zero-order chi connectivity index (χ0) is 33.3. The summed E-state index contributed by atoms with van der Waals surface area (Å²) in [5.74, 6) is 0. The first-order chi connectivity index (χ1) is 24.8. The van der Waals surface area contributed by atoms with Gasteiger partial charge in [-0.3, -0.25) is 0 Å². The maximum absolute atomic E-state index is 2.40. The molecule has 0 bridgehead atoms. The van der Waals surface area contributed by atoms with E-state index in [2.05, 4.69) is 217 Å². The maximum atomic E-state index is 2.40. The lowest BCUT2D eigenvalue weighted by atomic mass is 9.68. The van der Waals surface area contributed by atoms with Gasteiger partial charge in [0.05, 0.1) is 5.41 Å². The Morgan fingerprint density at radius 1 is 0.280 bits per heavy atom. The van der Waals surface area contributed by atoms with Gasteiger partial charge in [0.1, 0.15) is 0 Å². The molecule has 9 rings (SSSR count). The van der Waals surface area contributed by atoms with E-state index >= 15 is 0 Å². The Morgan fingerprint density at radius 2 is 0.740 bits per heavy atom. The summed E-state index contributed by atoms with van der Waals surface area (Å²) in [6.07, 6.45) is 0. The van der Waals surface area contributed by atoms with E-state index in [1.165, 1.54) is 55.6 Å². The zero-order valence-corrected chi connectivity index (χ0v) is 27.7. The summed E-state index contributed by atoms with van der Waals surface area (Å²) >= 11 is 0. The number of fused-ring (bicyclic) bond motifs is 3. The second-order valence-electron chi connectivity index (χ2n) is 12.9. The van der Waals surface area contributed by atoms with Gasteiger partial charge in [-0.1, -0.05) is 176 Å². The topological polar surface area (TPSA) is 3.24 Å². The van der Waals surface area contributed by atoms with Gasteiger partial charge in [0.2, 0.25) is 0 Å². The van der Waals surface area contributed by atoms with Crippen molar-refractivity contribution in [1.82, 2.24) is 0 Å². The normalized spacial score (nSPS) is 12.6. The first kappa shape index (κ1) is 29.7. The third-order valence-corrected chi connectivity index (χ3v) is 10.1. The van der Waals surface area contributed by atoms with E-state index in [0.717, 1.165) is 17.1 Å². The predicted octanol–water partition coefficient (Wildman–Crippen LogP) is 12.9. The van der Waals surface area contributed by atoms with Crippen LogP contribution in [-0.2, 0) is 5.41 Å². The Balaban J connectivity index is 1.26. The minimum atomic E-state index is -0.428. The minimum Gasteiger partial charge on any atom is -0.310 e. The molecule has 0 aromatic heterocycles. The molecular weight excluding hydrogens is 603 g/mol. The quantitative estimate of drug-likeness (QED) is 0.168. The molecule has 0 amide bonds. The lowest BCUT2D eigenvalue weighted by molar-refractivity contribution is 0.768. The fourth-order valence-corrected chi connectivity index (χ4v) is 7.91. The number of anilines is 3. The molecule has 0 N–H and O–H groups in total. The van der Waals surface area contributed by atoms with Crippen LogP contribution < -0.4 is 4.90 Å². The highest BCUT2D eigenvalue weighted by atomic mass is 15.1. The lowest BCUT2D eigenvalue weighted by Gasteiger charge is -2.34. The van der Waals surface area contributed by atoms with Gasteiger partial charge in [0.25, 0.3) is 0 Å². The molecule has 8 aromatic rings. The SMILES string of the molecule is c1ccc(-c2ccc(N(c3cccc(-c4ccccc4)c3)c3ccc4c(c3)-c3ccccc3C4(c3ccccc3)c3ccccc3)cc2)cc1. The molecule has 8 aromatic carbocycles. The fraction of sp³-hybridized carbons (Fsp3) is 0.0204. The number of nitrogens with zero attached hydrogens (tertiary/aromatic N) is 1. The van der Waals surface area contributed by atoms with E-state index in [0.29, 0.717) is 0 Å². The van der Waals surface area contributed by atoms with Crippen LogP contribution in [-0.4, -0.2) is 0 Å². The maximum Gasteiger partial charge on any atom is 0.0713 e. The van der Waals surface area contributed by atoms with E-state index in [9.17, 15) is 0 Å². The molecule has 0 atom stereocenters. The molecule has 0 fully saturated rings. The standard InChI is InChI=1S/C49H35N/c1-5-16-36(17-6-1)38-28-30-42(31-29-38)50(43-25-15-20-39(34-43)37-18-7-2-8-19-37)44-32-33-48-46(35-44)45-26-13-14-27-47(45)49(48,40-21-9-3-10-22-40)41-23-11-4-12-24-41/h1-35H. The first-order valence-corrected chi connectivity index (χ1v) is 17.3. The van der Waals surface area contributed by atoms with E-state index in [4.69, 9.17) is 0 Å². The number of hydrogen-bond donors (Lipinski definition) is 0.